The van der Waals surface area contributed by atoms with E-state index in [1.807, 2.05) is 48.5 Å². The van der Waals surface area contributed by atoms with E-state index in [0.29, 0.717) is 12.1 Å². The van der Waals surface area contributed by atoms with Crippen LogP contribution in [0.1, 0.15) is 10.4 Å². The van der Waals surface area contributed by atoms with Gasteiger partial charge in [-0.1, -0.05) is 24.3 Å². The highest BCUT2D eigenvalue weighted by Gasteiger charge is 2.11. The maximum Gasteiger partial charge on any atom is 0.251 e. The number of carbonyl (C=O) groups excluding carboxylic acids is 1. The van der Waals surface area contributed by atoms with E-state index in [1.165, 1.54) is 0 Å². The monoisotopic (exact) mass is 340 g/mol. The summed E-state index contributed by atoms with van der Waals surface area (Å²) in [5.74, 6) is 0.782. The Kier molecular flexibility index (Phi) is 6.04. The lowest BCUT2D eigenvalue weighted by Crippen LogP contribution is -2.41. The molecule has 1 saturated heterocycles. The van der Waals surface area contributed by atoms with Crippen molar-refractivity contribution in [3.05, 3.63) is 54.1 Å². The number of morpholine rings is 1. The van der Waals surface area contributed by atoms with Crippen molar-refractivity contribution >= 4 is 5.91 Å². The smallest absolute Gasteiger partial charge is 0.251 e. The molecule has 1 aliphatic heterocycles. The van der Waals surface area contributed by atoms with Crippen LogP contribution in [0.4, 0.5) is 0 Å². The fourth-order valence-corrected chi connectivity index (χ4v) is 2.88. The summed E-state index contributed by atoms with van der Waals surface area (Å²) in [6.45, 7) is 4.92. The Labute approximate surface area is 148 Å². The highest BCUT2D eigenvalue weighted by atomic mass is 16.5. The first kappa shape index (κ1) is 17.5. The zero-order valence-corrected chi connectivity index (χ0v) is 14.5. The predicted molar refractivity (Wildman–Crippen MR) is 98.0 cm³/mol. The van der Waals surface area contributed by atoms with Crippen LogP contribution < -0.4 is 10.1 Å². The number of rotatable bonds is 6. The average molecular weight is 340 g/mol. The summed E-state index contributed by atoms with van der Waals surface area (Å²) in [5.41, 5.74) is 2.75. The van der Waals surface area contributed by atoms with Gasteiger partial charge >= 0.3 is 0 Å². The summed E-state index contributed by atoms with van der Waals surface area (Å²) < 4.78 is 10.5. The number of methoxy groups -OCH3 is 1. The predicted octanol–water partition coefficient (Wildman–Crippen LogP) is 2.42. The molecule has 3 rings (SSSR count). The molecule has 0 atom stereocenters. The Morgan fingerprint density at radius 1 is 1.12 bits per heavy atom. The van der Waals surface area contributed by atoms with Gasteiger partial charge in [0.1, 0.15) is 5.75 Å². The van der Waals surface area contributed by atoms with Crippen molar-refractivity contribution in [2.24, 2.45) is 0 Å². The summed E-state index contributed by atoms with van der Waals surface area (Å²) in [6.07, 6.45) is 0. The SMILES string of the molecule is COc1ccc(-c2cccc(C(=O)NCCN3CCOCC3)c2)cc1. The van der Waals surface area contributed by atoms with Gasteiger partial charge in [-0.05, 0) is 35.4 Å². The normalized spacial score (nSPS) is 14.9. The minimum atomic E-state index is -0.0383. The van der Waals surface area contributed by atoms with Gasteiger partial charge in [-0.25, -0.2) is 0 Å². The molecule has 0 spiro atoms. The van der Waals surface area contributed by atoms with E-state index >= 15 is 0 Å². The number of carbonyl (C=O) groups is 1. The fraction of sp³-hybridized carbons (Fsp3) is 0.350. The van der Waals surface area contributed by atoms with E-state index in [4.69, 9.17) is 9.47 Å². The lowest BCUT2D eigenvalue weighted by atomic mass is 10.0. The van der Waals surface area contributed by atoms with Crippen molar-refractivity contribution in [3.63, 3.8) is 0 Å². The molecule has 0 unspecified atom stereocenters. The van der Waals surface area contributed by atoms with Crippen LogP contribution in [0, 0.1) is 0 Å². The molecule has 5 nitrogen and oxygen atoms in total. The minimum Gasteiger partial charge on any atom is -0.497 e. The molecule has 0 aliphatic carbocycles. The lowest BCUT2D eigenvalue weighted by molar-refractivity contribution is 0.0383. The second kappa shape index (κ2) is 8.65. The molecule has 1 fully saturated rings. The van der Waals surface area contributed by atoms with Crippen LogP contribution in [0.15, 0.2) is 48.5 Å². The van der Waals surface area contributed by atoms with Crippen LogP contribution in [0.2, 0.25) is 0 Å². The molecule has 132 valence electrons. The standard InChI is InChI=1S/C20H24N2O3/c1-24-19-7-5-16(6-8-19)17-3-2-4-18(15-17)20(23)21-9-10-22-11-13-25-14-12-22/h2-8,15H,9-14H2,1H3,(H,21,23). The third-order valence-electron chi connectivity index (χ3n) is 4.37. The Hall–Kier alpha value is -2.37. The van der Waals surface area contributed by atoms with Crippen LogP contribution in [-0.2, 0) is 4.74 Å². The molecule has 0 saturated carbocycles. The molecule has 25 heavy (non-hydrogen) atoms. The van der Waals surface area contributed by atoms with E-state index in [2.05, 4.69) is 10.2 Å². The van der Waals surface area contributed by atoms with Crippen LogP contribution >= 0.6 is 0 Å². The number of ether oxygens (including phenoxy) is 2. The van der Waals surface area contributed by atoms with E-state index in [-0.39, 0.29) is 5.91 Å². The van der Waals surface area contributed by atoms with Gasteiger partial charge in [0.25, 0.3) is 5.91 Å². The van der Waals surface area contributed by atoms with E-state index < -0.39 is 0 Å². The Morgan fingerprint density at radius 2 is 1.88 bits per heavy atom. The van der Waals surface area contributed by atoms with Gasteiger partial charge in [0.05, 0.1) is 20.3 Å². The van der Waals surface area contributed by atoms with Gasteiger partial charge in [-0.15, -0.1) is 0 Å². The Balaban J connectivity index is 1.58. The first-order chi connectivity index (χ1) is 12.3. The molecule has 1 N–H and O–H groups in total. The first-order valence-electron chi connectivity index (χ1n) is 8.59. The largest absolute Gasteiger partial charge is 0.497 e. The van der Waals surface area contributed by atoms with Crippen LogP contribution in [0.3, 0.4) is 0 Å². The quantitative estimate of drug-likeness (QED) is 0.877. The van der Waals surface area contributed by atoms with Gasteiger partial charge in [0.15, 0.2) is 0 Å². The number of benzene rings is 2. The fourth-order valence-electron chi connectivity index (χ4n) is 2.88. The summed E-state index contributed by atoms with van der Waals surface area (Å²) >= 11 is 0. The van der Waals surface area contributed by atoms with Crippen molar-refractivity contribution in [3.8, 4) is 16.9 Å². The van der Waals surface area contributed by atoms with E-state index in [1.54, 1.807) is 7.11 Å². The number of hydrogen-bond acceptors (Lipinski definition) is 4. The van der Waals surface area contributed by atoms with E-state index in [9.17, 15) is 4.79 Å². The van der Waals surface area contributed by atoms with Crippen molar-refractivity contribution in [2.45, 2.75) is 0 Å². The maximum absolute atomic E-state index is 12.4. The molecule has 1 heterocycles. The first-order valence-corrected chi connectivity index (χ1v) is 8.59. The zero-order chi connectivity index (χ0) is 17.5. The molecule has 0 bridgehead atoms. The summed E-state index contributed by atoms with van der Waals surface area (Å²) in [7, 11) is 1.65. The number of nitrogens with zero attached hydrogens (tertiary/aromatic N) is 1. The van der Waals surface area contributed by atoms with Gasteiger partial charge < -0.3 is 14.8 Å². The molecule has 1 amide bonds. The van der Waals surface area contributed by atoms with E-state index in [0.717, 1.165) is 49.7 Å². The highest BCUT2D eigenvalue weighted by Crippen LogP contribution is 2.23. The summed E-state index contributed by atoms with van der Waals surface area (Å²) in [5, 5.41) is 3.00. The topological polar surface area (TPSA) is 50.8 Å². The number of amides is 1. The average Bonchev–Trinajstić information content (AvgIpc) is 2.69. The van der Waals surface area contributed by atoms with Gasteiger partial charge in [0, 0.05) is 31.7 Å². The van der Waals surface area contributed by atoms with Gasteiger partial charge in [-0.3, -0.25) is 9.69 Å². The summed E-state index contributed by atoms with van der Waals surface area (Å²) in [4.78, 5) is 14.7. The van der Waals surface area contributed by atoms with Crippen LogP contribution in [-0.4, -0.2) is 57.3 Å². The van der Waals surface area contributed by atoms with Crippen molar-refractivity contribution in [1.82, 2.24) is 10.2 Å². The Morgan fingerprint density at radius 3 is 2.60 bits per heavy atom. The second-order valence-electron chi connectivity index (χ2n) is 6.02. The maximum atomic E-state index is 12.4. The molecule has 0 radical (unpaired) electrons. The highest BCUT2D eigenvalue weighted by molar-refractivity contribution is 5.95. The van der Waals surface area contributed by atoms with Gasteiger partial charge in [-0.2, -0.15) is 0 Å². The third-order valence-corrected chi connectivity index (χ3v) is 4.37. The Bertz CT molecular complexity index is 694. The molecule has 2 aromatic rings. The third kappa shape index (κ3) is 4.81. The van der Waals surface area contributed by atoms with Gasteiger partial charge in [0.2, 0.25) is 0 Å². The number of nitrogens with one attached hydrogen (secondary N) is 1. The minimum absolute atomic E-state index is 0.0383. The molecule has 1 aliphatic rings. The lowest BCUT2D eigenvalue weighted by Gasteiger charge is -2.26. The molecular weight excluding hydrogens is 316 g/mol. The second-order valence-corrected chi connectivity index (χ2v) is 6.02. The molecule has 2 aromatic carbocycles. The molecule has 5 heteroatoms. The van der Waals surface area contributed by atoms with Crippen molar-refractivity contribution < 1.29 is 14.3 Å². The molecule has 0 aromatic heterocycles. The zero-order valence-electron chi connectivity index (χ0n) is 14.5. The summed E-state index contributed by atoms with van der Waals surface area (Å²) in [6, 6.07) is 15.5. The molecular formula is C20H24N2O3. The number of hydrogen-bond donors (Lipinski definition) is 1. The van der Waals surface area contributed by atoms with Crippen molar-refractivity contribution in [2.75, 3.05) is 46.5 Å². The van der Waals surface area contributed by atoms with Crippen LogP contribution in [0.25, 0.3) is 11.1 Å². The van der Waals surface area contributed by atoms with Crippen molar-refractivity contribution in [1.29, 1.82) is 0 Å². The van der Waals surface area contributed by atoms with Crippen LogP contribution in [0.5, 0.6) is 5.75 Å².